The van der Waals surface area contributed by atoms with E-state index in [-0.39, 0.29) is 11.2 Å². The van der Waals surface area contributed by atoms with Crippen molar-refractivity contribution >= 4 is 0 Å². The zero-order valence-electron chi connectivity index (χ0n) is 15.8. The smallest absolute Gasteiger partial charge is 0.123 e. The fraction of sp³-hybridized carbons (Fsp3) is 0.727. The molecule has 144 valence electrons. The zero-order chi connectivity index (χ0) is 17.8. The Kier molecular flexibility index (Phi) is 5.92. The summed E-state index contributed by atoms with van der Waals surface area (Å²) in [5, 5.41) is 0. The summed E-state index contributed by atoms with van der Waals surface area (Å²) in [5.74, 6) is 0.609. The molecule has 1 aliphatic carbocycles. The molecule has 3 fully saturated rings. The first-order chi connectivity index (χ1) is 12.7. The highest BCUT2D eigenvalue weighted by Gasteiger charge is 2.46. The molecule has 1 aromatic rings. The maximum absolute atomic E-state index is 13.2. The monoisotopic (exact) mass is 361 g/mol. The number of halogens is 1. The first-order valence-corrected chi connectivity index (χ1v) is 10.4. The number of likely N-dealkylation sites (tertiary alicyclic amines) is 1. The molecule has 3 nitrogen and oxygen atoms in total. The van der Waals surface area contributed by atoms with E-state index in [0.717, 1.165) is 58.2 Å². The van der Waals surface area contributed by atoms with E-state index in [1.165, 1.54) is 37.7 Å². The van der Waals surface area contributed by atoms with Crippen LogP contribution >= 0.6 is 0 Å². The second-order valence-corrected chi connectivity index (χ2v) is 8.62. The number of fused-ring (bicyclic) bond motifs is 1. The standard InChI is InChI=1S/C22H32FNO2/c23-20-8-6-18(7-9-20)14-24-12-10-21-22(16-24,11-3-13-26-21)17-25-15-19-4-1-2-5-19/h6-9,19,21H,1-5,10-17H2. The Morgan fingerprint density at radius 1 is 1.12 bits per heavy atom. The van der Waals surface area contributed by atoms with Gasteiger partial charge in [-0.15, -0.1) is 0 Å². The number of rotatable bonds is 6. The van der Waals surface area contributed by atoms with Crippen molar-refractivity contribution in [2.24, 2.45) is 11.3 Å². The largest absolute Gasteiger partial charge is 0.380 e. The van der Waals surface area contributed by atoms with Crippen LogP contribution in [0.5, 0.6) is 0 Å². The predicted molar refractivity (Wildman–Crippen MR) is 100 cm³/mol. The number of benzene rings is 1. The van der Waals surface area contributed by atoms with Crippen LogP contribution in [0.1, 0.15) is 50.5 Å². The summed E-state index contributed by atoms with van der Waals surface area (Å²) in [6.07, 6.45) is 9.16. The topological polar surface area (TPSA) is 21.7 Å². The summed E-state index contributed by atoms with van der Waals surface area (Å²) >= 11 is 0. The fourth-order valence-corrected chi connectivity index (χ4v) is 5.18. The van der Waals surface area contributed by atoms with Gasteiger partial charge in [-0.1, -0.05) is 25.0 Å². The van der Waals surface area contributed by atoms with Crippen molar-refractivity contribution in [3.8, 4) is 0 Å². The van der Waals surface area contributed by atoms with Gasteiger partial charge in [-0.2, -0.15) is 0 Å². The van der Waals surface area contributed by atoms with Crippen LogP contribution in [-0.4, -0.2) is 43.9 Å². The maximum atomic E-state index is 13.2. The molecule has 2 unspecified atom stereocenters. The third-order valence-electron chi connectivity index (χ3n) is 6.60. The van der Waals surface area contributed by atoms with Gasteiger partial charge in [0, 0.05) is 38.3 Å². The van der Waals surface area contributed by atoms with E-state index in [0.29, 0.717) is 6.10 Å². The average Bonchev–Trinajstić information content (AvgIpc) is 3.17. The van der Waals surface area contributed by atoms with Crippen molar-refractivity contribution in [2.45, 2.75) is 57.6 Å². The van der Waals surface area contributed by atoms with Gasteiger partial charge < -0.3 is 9.47 Å². The van der Waals surface area contributed by atoms with E-state index >= 15 is 0 Å². The van der Waals surface area contributed by atoms with E-state index in [1.54, 1.807) is 12.1 Å². The maximum Gasteiger partial charge on any atom is 0.123 e. The van der Waals surface area contributed by atoms with Gasteiger partial charge in [0.25, 0.3) is 0 Å². The molecule has 2 saturated heterocycles. The van der Waals surface area contributed by atoms with Crippen LogP contribution in [0, 0.1) is 17.2 Å². The van der Waals surface area contributed by atoms with Gasteiger partial charge in [-0.05, 0) is 55.7 Å². The fourth-order valence-electron chi connectivity index (χ4n) is 5.18. The van der Waals surface area contributed by atoms with Crippen LogP contribution in [-0.2, 0) is 16.0 Å². The third kappa shape index (κ3) is 4.29. The summed E-state index contributed by atoms with van der Waals surface area (Å²) in [5.41, 5.74) is 1.32. The lowest BCUT2D eigenvalue weighted by atomic mass is 9.73. The van der Waals surface area contributed by atoms with Gasteiger partial charge in [0.15, 0.2) is 0 Å². The molecule has 0 N–H and O–H groups in total. The van der Waals surface area contributed by atoms with E-state index in [4.69, 9.17) is 9.47 Å². The van der Waals surface area contributed by atoms with Gasteiger partial charge in [-0.3, -0.25) is 4.90 Å². The molecule has 1 aromatic carbocycles. The van der Waals surface area contributed by atoms with Crippen molar-refractivity contribution in [3.63, 3.8) is 0 Å². The van der Waals surface area contributed by atoms with Gasteiger partial charge in [-0.25, -0.2) is 4.39 Å². The van der Waals surface area contributed by atoms with Crippen LogP contribution in [0.4, 0.5) is 4.39 Å². The second kappa shape index (κ2) is 8.37. The lowest BCUT2D eigenvalue weighted by Crippen LogP contribution is -2.56. The summed E-state index contributed by atoms with van der Waals surface area (Å²) < 4.78 is 25.6. The molecule has 2 aliphatic heterocycles. The Balaban J connectivity index is 1.38. The first-order valence-electron chi connectivity index (χ1n) is 10.4. The van der Waals surface area contributed by atoms with Crippen LogP contribution in [0.25, 0.3) is 0 Å². The first kappa shape index (κ1) is 18.4. The molecular formula is C22H32FNO2. The van der Waals surface area contributed by atoms with E-state index < -0.39 is 0 Å². The minimum atomic E-state index is -0.162. The Morgan fingerprint density at radius 2 is 1.92 bits per heavy atom. The normalized spacial score (nSPS) is 30.4. The molecule has 3 aliphatic rings. The lowest BCUT2D eigenvalue weighted by Gasteiger charge is -2.50. The molecule has 4 heteroatoms. The highest BCUT2D eigenvalue weighted by atomic mass is 19.1. The Bertz CT molecular complexity index is 572. The van der Waals surface area contributed by atoms with E-state index in [9.17, 15) is 4.39 Å². The Morgan fingerprint density at radius 3 is 2.73 bits per heavy atom. The highest BCUT2D eigenvalue weighted by molar-refractivity contribution is 5.16. The van der Waals surface area contributed by atoms with Crippen LogP contribution < -0.4 is 0 Å². The number of piperidine rings is 1. The predicted octanol–water partition coefficient (Wildman–Crippen LogP) is 4.40. The molecule has 26 heavy (non-hydrogen) atoms. The molecule has 2 atom stereocenters. The third-order valence-corrected chi connectivity index (χ3v) is 6.60. The number of hydrogen-bond acceptors (Lipinski definition) is 3. The van der Waals surface area contributed by atoms with Crippen molar-refractivity contribution < 1.29 is 13.9 Å². The van der Waals surface area contributed by atoms with Crippen molar-refractivity contribution in [1.29, 1.82) is 0 Å². The highest BCUT2D eigenvalue weighted by Crippen LogP contribution is 2.41. The zero-order valence-corrected chi connectivity index (χ0v) is 15.8. The summed E-state index contributed by atoms with van der Waals surface area (Å²) in [4.78, 5) is 2.51. The van der Waals surface area contributed by atoms with E-state index in [2.05, 4.69) is 4.90 Å². The molecule has 0 bridgehead atoms. The summed E-state index contributed by atoms with van der Waals surface area (Å²) in [7, 11) is 0. The molecule has 0 spiro atoms. The number of hydrogen-bond donors (Lipinski definition) is 0. The van der Waals surface area contributed by atoms with Crippen LogP contribution in [0.3, 0.4) is 0 Å². The molecule has 2 heterocycles. The Labute approximate surface area is 156 Å². The lowest BCUT2D eigenvalue weighted by molar-refractivity contribution is -0.155. The summed E-state index contributed by atoms with van der Waals surface area (Å²) in [6.45, 7) is 5.61. The molecular weight excluding hydrogens is 329 g/mol. The van der Waals surface area contributed by atoms with Gasteiger partial charge in [0.05, 0.1) is 12.7 Å². The molecule has 0 aromatic heterocycles. The van der Waals surface area contributed by atoms with Crippen LogP contribution in [0.2, 0.25) is 0 Å². The minimum Gasteiger partial charge on any atom is -0.380 e. The van der Waals surface area contributed by atoms with Crippen LogP contribution in [0.15, 0.2) is 24.3 Å². The quantitative estimate of drug-likeness (QED) is 0.749. The van der Waals surface area contributed by atoms with Gasteiger partial charge in [0.2, 0.25) is 0 Å². The molecule has 0 radical (unpaired) electrons. The van der Waals surface area contributed by atoms with Gasteiger partial charge >= 0.3 is 0 Å². The molecule has 0 amide bonds. The van der Waals surface area contributed by atoms with Gasteiger partial charge in [0.1, 0.15) is 5.82 Å². The molecule has 4 rings (SSSR count). The number of nitrogens with zero attached hydrogens (tertiary/aromatic N) is 1. The second-order valence-electron chi connectivity index (χ2n) is 8.62. The minimum absolute atomic E-state index is 0.134. The Hall–Kier alpha value is -0.970. The van der Waals surface area contributed by atoms with Crippen molar-refractivity contribution in [2.75, 3.05) is 32.9 Å². The molecule has 1 saturated carbocycles. The van der Waals surface area contributed by atoms with Crippen molar-refractivity contribution in [3.05, 3.63) is 35.6 Å². The summed E-state index contributed by atoms with van der Waals surface area (Å²) in [6, 6.07) is 6.93. The SMILES string of the molecule is Fc1ccc(CN2CCC3OCCCC3(COCC3CCCC3)C2)cc1. The average molecular weight is 362 g/mol. The van der Waals surface area contributed by atoms with E-state index in [1.807, 2.05) is 12.1 Å². The van der Waals surface area contributed by atoms with Crippen molar-refractivity contribution in [1.82, 2.24) is 4.90 Å². The number of ether oxygens (including phenoxy) is 2.